The fraction of sp³-hybridized carbons (Fsp3) is 0.385. The van der Waals surface area contributed by atoms with Crippen LogP contribution in [0.2, 0.25) is 0 Å². The largest absolute Gasteiger partial charge is 0.494 e. The number of likely N-dealkylation sites (tertiary alicyclic amines) is 1. The first-order valence-electron chi connectivity index (χ1n) is 11.5. The monoisotopic (exact) mass is 464 g/mol. The van der Waals surface area contributed by atoms with Crippen LogP contribution in [0.15, 0.2) is 59.4 Å². The molecule has 1 amide bonds. The van der Waals surface area contributed by atoms with E-state index in [2.05, 4.69) is 29.2 Å². The minimum atomic E-state index is -0.256. The first-order valence-corrected chi connectivity index (χ1v) is 12.4. The summed E-state index contributed by atoms with van der Waals surface area (Å²) in [6.45, 7) is 4.30. The van der Waals surface area contributed by atoms with Gasteiger partial charge in [-0.2, -0.15) is 0 Å². The number of amides is 1. The van der Waals surface area contributed by atoms with Gasteiger partial charge in [-0.3, -0.25) is 0 Å². The zero-order valence-corrected chi connectivity index (χ0v) is 19.5. The fourth-order valence-corrected chi connectivity index (χ4v) is 5.42. The molecule has 3 unspecified atom stereocenters. The number of rotatable bonds is 7. The van der Waals surface area contributed by atoms with Crippen LogP contribution in [-0.4, -0.2) is 41.8 Å². The van der Waals surface area contributed by atoms with E-state index in [1.165, 1.54) is 11.3 Å². The lowest BCUT2D eigenvalue weighted by Gasteiger charge is -2.22. The minimum absolute atomic E-state index is 0.113. The second-order valence-corrected chi connectivity index (χ2v) is 9.30. The summed E-state index contributed by atoms with van der Waals surface area (Å²) in [6.07, 6.45) is 1.95. The van der Waals surface area contributed by atoms with Crippen LogP contribution in [0.5, 0.6) is 11.5 Å². The van der Waals surface area contributed by atoms with Crippen molar-refractivity contribution in [2.24, 2.45) is 11.8 Å². The molecule has 172 valence electrons. The number of ether oxygens (including phenoxy) is 3. The van der Waals surface area contributed by atoms with Crippen molar-refractivity contribution in [3.8, 4) is 22.6 Å². The second-order valence-electron chi connectivity index (χ2n) is 8.58. The molecule has 3 atom stereocenters. The van der Waals surface area contributed by atoms with Crippen molar-refractivity contribution in [2.75, 3.05) is 19.7 Å². The number of hydrogen-bond acceptors (Lipinski definition) is 6. The molecule has 2 aromatic carbocycles. The van der Waals surface area contributed by atoms with Crippen LogP contribution in [0.4, 0.5) is 4.79 Å². The molecular formula is C26H28N2O4S. The molecule has 2 heterocycles. The number of aromatic nitrogens is 1. The molecule has 1 aliphatic carbocycles. The van der Waals surface area contributed by atoms with Gasteiger partial charge < -0.3 is 19.1 Å². The van der Waals surface area contributed by atoms with Crippen LogP contribution >= 0.6 is 11.3 Å². The number of carbonyl (C=O) groups excluding carboxylic acids is 1. The van der Waals surface area contributed by atoms with Gasteiger partial charge in [-0.05, 0) is 61.1 Å². The number of nitrogens with zero attached hydrogens (tertiary/aromatic N) is 2. The zero-order valence-electron chi connectivity index (χ0n) is 18.7. The third-order valence-corrected chi connectivity index (χ3v) is 7.13. The summed E-state index contributed by atoms with van der Waals surface area (Å²) in [6, 6.07) is 16.4. The van der Waals surface area contributed by atoms with E-state index in [0.717, 1.165) is 47.7 Å². The molecule has 33 heavy (non-hydrogen) atoms. The van der Waals surface area contributed by atoms with Gasteiger partial charge in [0.2, 0.25) is 0 Å². The van der Waals surface area contributed by atoms with Crippen molar-refractivity contribution < 1.29 is 19.0 Å². The third-order valence-electron chi connectivity index (χ3n) is 6.50. The lowest BCUT2D eigenvalue weighted by molar-refractivity contribution is 0.0952. The van der Waals surface area contributed by atoms with Gasteiger partial charge in [-0.25, -0.2) is 9.78 Å². The van der Waals surface area contributed by atoms with E-state index in [4.69, 9.17) is 14.2 Å². The van der Waals surface area contributed by atoms with Gasteiger partial charge in [0.25, 0.3) is 0 Å². The Balaban J connectivity index is 1.20. The molecule has 6 nitrogen and oxygen atoms in total. The Kier molecular flexibility index (Phi) is 6.48. The third kappa shape index (κ3) is 4.98. The molecular weight excluding hydrogens is 436 g/mol. The van der Waals surface area contributed by atoms with Crippen molar-refractivity contribution in [3.63, 3.8) is 0 Å². The van der Waals surface area contributed by atoms with Gasteiger partial charge >= 0.3 is 6.09 Å². The van der Waals surface area contributed by atoms with E-state index in [0.29, 0.717) is 25.0 Å². The Labute approximate surface area is 198 Å². The van der Waals surface area contributed by atoms with E-state index in [1.807, 2.05) is 41.5 Å². The van der Waals surface area contributed by atoms with Crippen molar-refractivity contribution >= 4 is 17.4 Å². The van der Waals surface area contributed by atoms with Crippen LogP contribution < -0.4 is 9.47 Å². The maximum absolute atomic E-state index is 12.5. The van der Waals surface area contributed by atoms with E-state index < -0.39 is 0 Å². The second kappa shape index (κ2) is 9.83. The van der Waals surface area contributed by atoms with E-state index >= 15 is 0 Å². The SMILES string of the molecule is CCOc1ccc(-c2cccc(OC3CCC4CN(C(=O)OCc5cscn5)CC43)c2)cc1. The normalized spacial score (nSPS) is 21.6. The van der Waals surface area contributed by atoms with Gasteiger partial charge in [-0.1, -0.05) is 24.3 Å². The van der Waals surface area contributed by atoms with Gasteiger partial charge in [0.1, 0.15) is 24.2 Å². The first kappa shape index (κ1) is 21.8. The number of carbonyl (C=O) groups is 1. The molecule has 0 radical (unpaired) electrons. The lowest BCUT2D eigenvalue weighted by Crippen LogP contribution is -2.32. The number of thiazole rings is 1. The van der Waals surface area contributed by atoms with Crippen LogP contribution in [-0.2, 0) is 11.3 Å². The average molecular weight is 465 g/mol. The highest BCUT2D eigenvalue weighted by Gasteiger charge is 2.45. The standard InChI is InChI=1S/C26H28N2O4S/c1-2-30-22-9-6-18(7-10-22)19-4-3-5-23(12-19)32-25-11-8-20-13-28(14-24(20)25)26(29)31-15-21-16-33-17-27-21/h3-7,9-10,12,16-17,20,24-25H,2,8,11,13-15H2,1H3. The predicted molar refractivity (Wildman–Crippen MR) is 128 cm³/mol. The summed E-state index contributed by atoms with van der Waals surface area (Å²) in [5.41, 5.74) is 4.78. The molecule has 7 heteroatoms. The van der Waals surface area contributed by atoms with Gasteiger partial charge in [0, 0.05) is 24.4 Å². The maximum atomic E-state index is 12.5. The molecule has 0 spiro atoms. The Morgan fingerprint density at radius 3 is 2.76 bits per heavy atom. The van der Waals surface area contributed by atoms with Crippen molar-refractivity contribution in [1.29, 1.82) is 0 Å². The van der Waals surface area contributed by atoms with Gasteiger partial charge in [0.05, 0.1) is 17.8 Å². The van der Waals surface area contributed by atoms with Gasteiger partial charge in [-0.15, -0.1) is 11.3 Å². The smallest absolute Gasteiger partial charge is 0.410 e. The molecule has 3 aromatic rings. The molecule has 0 N–H and O–H groups in total. The molecule has 2 aliphatic rings. The summed E-state index contributed by atoms with van der Waals surface area (Å²) in [4.78, 5) is 18.5. The van der Waals surface area contributed by atoms with Crippen molar-refractivity contribution in [2.45, 2.75) is 32.5 Å². The topological polar surface area (TPSA) is 60.9 Å². The molecule has 1 saturated carbocycles. The highest BCUT2D eigenvalue weighted by molar-refractivity contribution is 7.07. The van der Waals surface area contributed by atoms with Crippen LogP contribution in [0.1, 0.15) is 25.5 Å². The van der Waals surface area contributed by atoms with Crippen molar-refractivity contribution in [3.05, 3.63) is 65.1 Å². The number of benzene rings is 2. The number of hydrogen-bond donors (Lipinski definition) is 0. The maximum Gasteiger partial charge on any atom is 0.410 e. The molecule has 1 saturated heterocycles. The predicted octanol–water partition coefficient (Wildman–Crippen LogP) is 5.63. The highest BCUT2D eigenvalue weighted by Crippen LogP contribution is 2.40. The molecule has 0 bridgehead atoms. The fourth-order valence-electron chi connectivity index (χ4n) is 4.88. The van der Waals surface area contributed by atoms with Crippen LogP contribution in [0.3, 0.4) is 0 Å². The summed E-state index contributed by atoms with van der Waals surface area (Å²) >= 11 is 1.50. The van der Waals surface area contributed by atoms with Crippen LogP contribution in [0, 0.1) is 11.8 Å². The van der Waals surface area contributed by atoms with Crippen LogP contribution in [0.25, 0.3) is 11.1 Å². The molecule has 1 aliphatic heterocycles. The molecule has 2 fully saturated rings. The quantitative estimate of drug-likeness (QED) is 0.453. The van der Waals surface area contributed by atoms with E-state index in [-0.39, 0.29) is 18.8 Å². The Hall–Kier alpha value is -3.06. The minimum Gasteiger partial charge on any atom is -0.494 e. The average Bonchev–Trinajstić information content (AvgIpc) is 3.58. The summed E-state index contributed by atoms with van der Waals surface area (Å²) < 4.78 is 17.5. The Morgan fingerprint density at radius 2 is 1.97 bits per heavy atom. The van der Waals surface area contributed by atoms with E-state index in [9.17, 15) is 4.79 Å². The summed E-state index contributed by atoms with van der Waals surface area (Å²) in [5.74, 6) is 2.56. The van der Waals surface area contributed by atoms with Gasteiger partial charge in [0.15, 0.2) is 0 Å². The zero-order chi connectivity index (χ0) is 22.6. The van der Waals surface area contributed by atoms with Crippen molar-refractivity contribution in [1.82, 2.24) is 9.88 Å². The molecule has 5 rings (SSSR count). The lowest BCUT2D eigenvalue weighted by atomic mass is 9.99. The Morgan fingerprint density at radius 1 is 1.09 bits per heavy atom. The first-order chi connectivity index (χ1) is 16.2. The summed E-state index contributed by atoms with van der Waals surface area (Å²) in [5, 5.41) is 1.90. The summed E-state index contributed by atoms with van der Waals surface area (Å²) in [7, 11) is 0. The Bertz CT molecular complexity index is 1070. The number of fused-ring (bicyclic) bond motifs is 1. The highest BCUT2D eigenvalue weighted by atomic mass is 32.1. The molecule has 1 aromatic heterocycles. The van der Waals surface area contributed by atoms with E-state index in [1.54, 1.807) is 5.51 Å².